The standard InChI is InChI=1S/C28H23N5O4/c1-18-24(27(34)32(22-11-5-6-12-22)28(35)25(18)16-29)15-20-17-31(21-9-3-2-4-10-21)30-26(20)19-8-7-13-23(14-19)33(36)37/h2-4,7-10,13-15,17,22H,5-6,11-12H2,1H3/b24-15+. The molecule has 1 fully saturated rings. The van der Waals surface area contributed by atoms with Crippen LogP contribution in [0.5, 0.6) is 0 Å². The summed E-state index contributed by atoms with van der Waals surface area (Å²) in [4.78, 5) is 38.9. The number of amides is 2. The van der Waals surface area contributed by atoms with E-state index in [9.17, 15) is 25.0 Å². The molecule has 0 unspecified atom stereocenters. The van der Waals surface area contributed by atoms with Gasteiger partial charge < -0.3 is 0 Å². The Labute approximate surface area is 213 Å². The lowest BCUT2D eigenvalue weighted by atomic mass is 9.92. The quantitative estimate of drug-likeness (QED) is 0.214. The maximum absolute atomic E-state index is 13.6. The van der Waals surface area contributed by atoms with Gasteiger partial charge in [0.25, 0.3) is 17.5 Å². The summed E-state index contributed by atoms with van der Waals surface area (Å²) in [6, 6.07) is 17.2. The van der Waals surface area contributed by atoms with Gasteiger partial charge in [-0.2, -0.15) is 10.4 Å². The van der Waals surface area contributed by atoms with E-state index in [-0.39, 0.29) is 22.9 Å². The van der Waals surface area contributed by atoms with Gasteiger partial charge in [-0.05, 0) is 43.5 Å². The third-order valence-electron chi connectivity index (χ3n) is 6.86. The molecule has 1 aliphatic heterocycles. The van der Waals surface area contributed by atoms with Crippen molar-refractivity contribution < 1.29 is 14.5 Å². The molecular formula is C28H23N5O4. The number of nitro benzene ring substituents is 1. The Balaban J connectivity index is 1.69. The molecule has 5 rings (SSSR count). The minimum atomic E-state index is -0.548. The second-order valence-electron chi connectivity index (χ2n) is 9.11. The van der Waals surface area contributed by atoms with E-state index in [2.05, 4.69) is 0 Å². The molecule has 1 aromatic heterocycles. The number of nitriles is 1. The van der Waals surface area contributed by atoms with Crippen molar-refractivity contribution in [3.8, 4) is 23.0 Å². The number of aromatic nitrogens is 2. The van der Waals surface area contributed by atoms with Crippen molar-refractivity contribution in [3.05, 3.63) is 93.2 Å². The molecule has 0 saturated heterocycles. The van der Waals surface area contributed by atoms with E-state index in [1.54, 1.807) is 36.0 Å². The highest BCUT2D eigenvalue weighted by atomic mass is 16.6. The molecule has 3 aromatic rings. The number of hydrogen-bond donors (Lipinski definition) is 0. The zero-order valence-electron chi connectivity index (χ0n) is 20.1. The van der Waals surface area contributed by atoms with Crippen LogP contribution in [0.2, 0.25) is 0 Å². The summed E-state index contributed by atoms with van der Waals surface area (Å²) in [5, 5.41) is 25.9. The van der Waals surface area contributed by atoms with Gasteiger partial charge in [-0.3, -0.25) is 24.6 Å². The maximum Gasteiger partial charge on any atom is 0.271 e. The van der Waals surface area contributed by atoms with E-state index in [1.165, 1.54) is 17.0 Å². The van der Waals surface area contributed by atoms with Gasteiger partial charge in [0, 0.05) is 41.1 Å². The van der Waals surface area contributed by atoms with E-state index in [0.29, 0.717) is 35.2 Å². The monoisotopic (exact) mass is 493 g/mol. The Morgan fingerprint density at radius 2 is 1.81 bits per heavy atom. The molecule has 37 heavy (non-hydrogen) atoms. The fourth-order valence-electron chi connectivity index (χ4n) is 4.95. The molecule has 0 radical (unpaired) electrons. The smallest absolute Gasteiger partial charge is 0.271 e. The number of benzene rings is 2. The molecule has 9 heteroatoms. The summed E-state index contributed by atoms with van der Waals surface area (Å²) in [7, 11) is 0. The first-order valence-electron chi connectivity index (χ1n) is 12.0. The van der Waals surface area contributed by atoms with Crippen molar-refractivity contribution in [1.82, 2.24) is 14.7 Å². The minimum Gasteiger partial charge on any atom is -0.271 e. The first kappa shape index (κ1) is 23.9. The van der Waals surface area contributed by atoms with Crippen molar-refractivity contribution in [1.29, 1.82) is 5.26 Å². The van der Waals surface area contributed by atoms with Crippen LogP contribution in [-0.4, -0.2) is 37.5 Å². The topological polar surface area (TPSA) is 122 Å². The average molecular weight is 494 g/mol. The largest absolute Gasteiger partial charge is 0.271 e. The molecule has 2 amide bonds. The SMILES string of the molecule is CC1=C(C#N)C(=O)N(C2CCCC2)C(=O)/C1=C/c1cn(-c2ccccc2)nc1-c1cccc([N+](=O)[O-])c1. The number of imide groups is 1. The van der Waals surface area contributed by atoms with Gasteiger partial charge in [0.05, 0.1) is 10.6 Å². The van der Waals surface area contributed by atoms with E-state index < -0.39 is 16.7 Å². The molecular weight excluding hydrogens is 470 g/mol. The number of hydrogen-bond acceptors (Lipinski definition) is 6. The first-order valence-corrected chi connectivity index (χ1v) is 12.0. The van der Waals surface area contributed by atoms with Crippen molar-refractivity contribution in [2.45, 2.75) is 38.6 Å². The zero-order valence-corrected chi connectivity index (χ0v) is 20.1. The third kappa shape index (κ3) is 4.34. The number of carbonyl (C=O) groups excluding carboxylic acids is 2. The molecule has 0 bridgehead atoms. The van der Waals surface area contributed by atoms with E-state index in [4.69, 9.17) is 5.10 Å². The van der Waals surface area contributed by atoms with Crippen molar-refractivity contribution >= 4 is 23.6 Å². The number of nitro groups is 1. The van der Waals surface area contributed by atoms with Crippen LogP contribution in [0.3, 0.4) is 0 Å². The van der Waals surface area contributed by atoms with E-state index in [0.717, 1.165) is 18.5 Å². The van der Waals surface area contributed by atoms with Crippen LogP contribution < -0.4 is 0 Å². The minimum absolute atomic E-state index is 0.0508. The number of non-ortho nitro benzene ring substituents is 1. The molecule has 9 nitrogen and oxygen atoms in total. The third-order valence-corrected chi connectivity index (χ3v) is 6.86. The van der Waals surface area contributed by atoms with E-state index in [1.807, 2.05) is 36.4 Å². The van der Waals surface area contributed by atoms with Crippen molar-refractivity contribution in [3.63, 3.8) is 0 Å². The van der Waals surface area contributed by atoms with Crippen LogP contribution in [-0.2, 0) is 9.59 Å². The Kier molecular flexibility index (Phi) is 6.24. The normalized spacial score (nSPS) is 17.5. The molecule has 0 atom stereocenters. The van der Waals surface area contributed by atoms with E-state index >= 15 is 0 Å². The van der Waals surface area contributed by atoms with Gasteiger partial charge in [0.2, 0.25) is 0 Å². The van der Waals surface area contributed by atoms with Crippen LogP contribution in [0.4, 0.5) is 5.69 Å². The molecule has 1 aliphatic carbocycles. The Morgan fingerprint density at radius 3 is 2.49 bits per heavy atom. The number of nitrogens with zero attached hydrogens (tertiary/aromatic N) is 5. The highest BCUT2D eigenvalue weighted by Gasteiger charge is 2.40. The second kappa shape index (κ2) is 9.66. The van der Waals surface area contributed by atoms with Gasteiger partial charge in [-0.15, -0.1) is 0 Å². The number of carbonyl (C=O) groups is 2. The maximum atomic E-state index is 13.6. The number of para-hydroxylation sites is 1. The molecule has 2 heterocycles. The van der Waals surface area contributed by atoms with Crippen LogP contribution in [0, 0.1) is 21.4 Å². The van der Waals surface area contributed by atoms with Crippen molar-refractivity contribution in [2.75, 3.05) is 0 Å². The Bertz CT molecular complexity index is 1520. The lowest BCUT2D eigenvalue weighted by Gasteiger charge is -2.32. The molecule has 2 aromatic carbocycles. The summed E-state index contributed by atoms with van der Waals surface area (Å²) in [6.45, 7) is 1.60. The molecule has 184 valence electrons. The first-order chi connectivity index (χ1) is 17.9. The highest BCUT2D eigenvalue weighted by molar-refractivity contribution is 6.20. The Morgan fingerprint density at radius 1 is 1.08 bits per heavy atom. The molecule has 1 saturated carbocycles. The zero-order chi connectivity index (χ0) is 26.1. The van der Waals surface area contributed by atoms with Crippen LogP contribution in [0.15, 0.2) is 77.5 Å². The lowest BCUT2D eigenvalue weighted by Crippen LogP contribution is -2.47. The molecule has 0 N–H and O–H groups in total. The highest BCUT2D eigenvalue weighted by Crippen LogP contribution is 2.35. The second-order valence-corrected chi connectivity index (χ2v) is 9.11. The van der Waals surface area contributed by atoms with Crippen LogP contribution in [0.25, 0.3) is 23.0 Å². The lowest BCUT2D eigenvalue weighted by molar-refractivity contribution is -0.384. The predicted octanol–water partition coefficient (Wildman–Crippen LogP) is 4.98. The van der Waals surface area contributed by atoms with Gasteiger partial charge in [0.15, 0.2) is 0 Å². The van der Waals surface area contributed by atoms with Gasteiger partial charge in [-0.1, -0.05) is 43.2 Å². The summed E-state index contributed by atoms with van der Waals surface area (Å²) in [6.07, 6.45) is 6.64. The fourth-order valence-corrected chi connectivity index (χ4v) is 4.95. The summed E-state index contributed by atoms with van der Waals surface area (Å²) < 4.78 is 1.64. The summed E-state index contributed by atoms with van der Waals surface area (Å²) >= 11 is 0. The summed E-state index contributed by atoms with van der Waals surface area (Å²) in [5.74, 6) is -0.987. The molecule has 2 aliphatic rings. The Hall–Kier alpha value is -4.84. The van der Waals surface area contributed by atoms with Gasteiger partial charge >= 0.3 is 0 Å². The average Bonchev–Trinajstić information content (AvgIpc) is 3.58. The number of rotatable bonds is 5. The van der Waals surface area contributed by atoms with Gasteiger partial charge in [-0.25, -0.2) is 4.68 Å². The van der Waals surface area contributed by atoms with Crippen LogP contribution in [0.1, 0.15) is 38.2 Å². The van der Waals surface area contributed by atoms with Crippen LogP contribution >= 0.6 is 0 Å². The summed E-state index contributed by atoms with van der Waals surface area (Å²) in [5.41, 5.74) is 2.65. The fraction of sp³-hybridized carbons (Fsp3) is 0.214. The molecule has 0 spiro atoms. The van der Waals surface area contributed by atoms with Gasteiger partial charge in [0.1, 0.15) is 17.3 Å². The predicted molar refractivity (Wildman–Crippen MR) is 136 cm³/mol. The van der Waals surface area contributed by atoms with Crippen molar-refractivity contribution in [2.24, 2.45) is 0 Å².